The Kier molecular flexibility index (Phi) is 2.31. The number of carboxylic acids is 1. The number of rotatable bonds is 2. The van der Waals surface area contributed by atoms with Crippen molar-refractivity contribution in [3.63, 3.8) is 0 Å². The maximum absolute atomic E-state index is 10.5. The quantitative estimate of drug-likeness (QED) is 0.729. The van der Waals surface area contributed by atoms with E-state index in [-0.39, 0.29) is 12.5 Å². The van der Waals surface area contributed by atoms with Crippen LogP contribution in [0.25, 0.3) is 6.08 Å². The molecule has 0 bridgehead atoms. The Bertz CT molecular complexity index is 464. The van der Waals surface area contributed by atoms with Gasteiger partial charge in [-0.3, -0.25) is 9.79 Å². The van der Waals surface area contributed by atoms with Crippen LogP contribution in [0.4, 0.5) is 0 Å². The van der Waals surface area contributed by atoms with Gasteiger partial charge in [-0.1, -0.05) is 24.3 Å². The van der Waals surface area contributed by atoms with Crippen LogP contribution >= 0.6 is 0 Å². The molecule has 0 amide bonds. The Morgan fingerprint density at radius 3 is 3.07 bits per heavy atom. The molecule has 0 radical (unpaired) electrons. The molecule has 1 aromatic rings. The first-order valence-electron chi connectivity index (χ1n) is 4.60. The van der Waals surface area contributed by atoms with Gasteiger partial charge >= 0.3 is 5.97 Å². The molecule has 3 heteroatoms. The summed E-state index contributed by atoms with van der Waals surface area (Å²) in [5, 5.41) is 10.7. The van der Waals surface area contributed by atoms with E-state index in [4.69, 9.17) is 5.11 Å². The van der Waals surface area contributed by atoms with Crippen LogP contribution in [0.3, 0.4) is 0 Å². The molecule has 0 aliphatic carbocycles. The highest BCUT2D eigenvalue weighted by Crippen LogP contribution is 2.05. The van der Waals surface area contributed by atoms with E-state index in [1.807, 2.05) is 24.3 Å². The summed E-state index contributed by atoms with van der Waals surface area (Å²) in [6.07, 6.45) is 2.89. The van der Waals surface area contributed by atoms with Gasteiger partial charge in [-0.2, -0.15) is 0 Å². The maximum atomic E-state index is 10.5. The van der Waals surface area contributed by atoms with Crippen LogP contribution in [0.5, 0.6) is 0 Å². The molecule has 1 aromatic carbocycles. The molecule has 1 heterocycles. The molecule has 1 N–H and O–H groups in total. The summed E-state index contributed by atoms with van der Waals surface area (Å²) in [7, 11) is 0. The van der Waals surface area contributed by atoms with Gasteiger partial charge in [-0.15, -0.1) is 0 Å². The molecule has 1 aliphatic heterocycles. The molecule has 1 unspecified atom stereocenters. The lowest BCUT2D eigenvalue weighted by Gasteiger charge is -2.10. The van der Waals surface area contributed by atoms with E-state index in [2.05, 4.69) is 11.1 Å². The van der Waals surface area contributed by atoms with Crippen LogP contribution < -0.4 is 10.6 Å². The number of fused-ring (bicyclic) bond motifs is 1. The average Bonchev–Trinajstić information content (AvgIpc) is 2.17. The average molecular weight is 189 g/mol. The van der Waals surface area contributed by atoms with E-state index in [1.54, 1.807) is 0 Å². The number of carboxylic acid groups (broad SMARTS) is 1. The fourth-order valence-electron chi connectivity index (χ4n) is 1.62. The maximum Gasteiger partial charge on any atom is 0.305 e. The van der Waals surface area contributed by atoms with Gasteiger partial charge in [0.25, 0.3) is 0 Å². The van der Waals surface area contributed by atoms with Gasteiger partial charge in [-0.25, -0.2) is 0 Å². The van der Waals surface area contributed by atoms with Crippen molar-refractivity contribution in [1.82, 2.24) is 0 Å². The fourth-order valence-corrected chi connectivity index (χ4v) is 1.62. The Labute approximate surface area is 81.4 Å². The molecule has 2 rings (SSSR count). The van der Waals surface area contributed by atoms with E-state index in [0.717, 1.165) is 17.0 Å². The summed E-state index contributed by atoms with van der Waals surface area (Å²) in [6.45, 7) is 0. The lowest BCUT2D eigenvalue weighted by molar-refractivity contribution is -0.137. The van der Waals surface area contributed by atoms with E-state index < -0.39 is 5.97 Å². The first-order valence-corrected chi connectivity index (χ1v) is 4.60. The van der Waals surface area contributed by atoms with Crippen molar-refractivity contribution >= 4 is 12.0 Å². The molecule has 72 valence electrons. The van der Waals surface area contributed by atoms with Gasteiger partial charge < -0.3 is 5.11 Å². The van der Waals surface area contributed by atoms with Gasteiger partial charge in [0.05, 0.1) is 17.8 Å². The third kappa shape index (κ3) is 1.82. The topological polar surface area (TPSA) is 49.7 Å². The van der Waals surface area contributed by atoms with Crippen molar-refractivity contribution < 1.29 is 9.90 Å². The summed E-state index contributed by atoms with van der Waals surface area (Å²) in [5.41, 5.74) is 0. The Morgan fingerprint density at radius 1 is 1.50 bits per heavy atom. The second-order valence-corrected chi connectivity index (χ2v) is 3.38. The van der Waals surface area contributed by atoms with Crippen LogP contribution in [0.2, 0.25) is 0 Å². The van der Waals surface area contributed by atoms with E-state index in [0.29, 0.717) is 0 Å². The molecule has 1 atom stereocenters. The van der Waals surface area contributed by atoms with Gasteiger partial charge in [-0.05, 0) is 17.7 Å². The second-order valence-electron chi connectivity index (χ2n) is 3.38. The molecule has 0 spiro atoms. The largest absolute Gasteiger partial charge is 0.481 e. The van der Waals surface area contributed by atoms with E-state index >= 15 is 0 Å². The Morgan fingerprint density at radius 2 is 2.29 bits per heavy atom. The minimum atomic E-state index is -0.786. The number of hydrogen-bond acceptors (Lipinski definition) is 2. The van der Waals surface area contributed by atoms with E-state index in [9.17, 15) is 4.79 Å². The van der Waals surface area contributed by atoms with Crippen molar-refractivity contribution in [3.8, 4) is 0 Å². The third-order valence-corrected chi connectivity index (χ3v) is 2.28. The highest BCUT2D eigenvalue weighted by Gasteiger charge is 2.12. The molecule has 0 saturated heterocycles. The van der Waals surface area contributed by atoms with Crippen LogP contribution in [0, 0.1) is 0 Å². The number of aliphatic carboxylic acids is 1. The second kappa shape index (κ2) is 3.62. The molecule has 0 fully saturated rings. The number of benzene rings is 1. The first-order chi connectivity index (χ1) is 6.75. The molecule has 0 saturated carbocycles. The zero-order valence-corrected chi connectivity index (χ0v) is 7.68. The zero-order chi connectivity index (χ0) is 9.97. The lowest BCUT2D eigenvalue weighted by Crippen LogP contribution is -2.31. The van der Waals surface area contributed by atoms with Crippen LogP contribution in [-0.4, -0.2) is 17.1 Å². The molecule has 0 aromatic heterocycles. The predicted octanol–water partition coefficient (Wildman–Crippen LogP) is 0.334. The number of hydrogen-bond donors (Lipinski definition) is 1. The number of carbonyl (C=O) groups is 1. The standard InChI is InChI=1S/C11H11NO2/c13-11(14)7-9-6-5-8-3-1-2-4-10(8)12-9/h1-5,9H,6-7H2,(H,13,14). The van der Waals surface area contributed by atoms with Crippen molar-refractivity contribution in [2.24, 2.45) is 4.99 Å². The Balaban J connectivity index is 2.34. The highest BCUT2D eigenvalue weighted by atomic mass is 16.4. The lowest BCUT2D eigenvalue weighted by atomic mass is 10.1. The van der Waals surface area contributed by atoms with Crippen LogP contribution in [0.15, 0.2) is 29.3 Å². The van der Waals surface area contributed by atoms with Crippen molar-refractivity contribution in [3.05, 3.63) is 34.8 Å². The fraction of sp³-hybridized carbons (Fsp3) is 0.273. The molecule has 14 heavy (non-hydrogen) atoms. The predicted molar refractivity (Wildman–Crippen MR) is 52.3 cm³/mol. The minimum absolute atomic E-state index is 0.0950. The minimum Gasteiger partial charge on any atom is -0.481 e. The summed E-state index contributed by atoms with van der Waals surface area (Å²) in [6, 6.07) is 7.69. The van der Waals surface area contributed by atoms with Crippen LogP contribution in [-0.2, 0) is 4.79 Å². The number of para-hydroxylation sites is 1. The zero-order valence-electron chi connectivity index (χ0n) is 7.68. The van der Waals surface area contributed by atoms with Crippen LogP contribution in [0.1, 0.15) is 12.8 Å². The van der Waals surface area contributed by atoms with Crippen molar-refractivity contribution in [1.29, 1.82) is 0 Å². The van der Waals surface area contributed by atoms with Gasteiger partial charge in [0.1, 0.15) is 0 Å². The normalized spacial score (nSPS) is 19.0. The first kappa shape index (κ1) is 8.94. The molecular formula is C11H11NO2. The summed E-state index contributed by atoms with van der Waals surface area (Å²) in [4.78, 5) is 14.9. The molecule has 3 nitrogen and oxygen atoms in total. The summed E-state index contributed by atoms with van der Waals surface area (Å²) in [5.74, 6) is -0.786. The van der Waals surface area contributed by atoms with Gasteiger partial charge in [0.15, 0.2) is 0 Å². The smallest absolute Gasteiger partial charge is 0.305 e. The van der Waals surface area contributed by atoms with Crippen molar-refractivity contribution in [2.45, 2.75) is 18.9 Å². The Hall–Kier alpha value is -1.64. The summed E-state index contributed by atoms with van der Waals surface area (Å²) < 4.78 is 0. The monoisotopic (exact) mass is 189 g/mol. The van der Waals surface area contributed by atoms with E-state index in [1.165, 1.54) is 0 Å². The SMILES string of the molecule is O=C(O)CC1CC=c2ccccc2=N1. The third-order valence-electron chi connectivity index (χ3n) is 2.28. The van der Waals surface area contributed by atoms with Crippen molar-refractivity contribution in [2.75, 3.05) is 0 Å². The highest BCUT2D eigenvalue weighted by molar-refractivity contribution is 5.67. The van der Waals surface area contributed by atoms with Gasteiger partial charge in [0.2, 0.25) is 0 Å². The molecular weight excluding hydrogens is 178 g/mol. The molecule has 1 aliphatic rings. The summed E-state index contributed by atoms with van der Waals surface area (Å²) >= 11 is 0. The number of nitrogens with zero attached hydrogens (tertiary/aromatic N) is 1. The van der Waals surface area contributed by atoms with Gasteiger partial charge in [0, 0.05) is 0 Å².